The van der Waals surface area contributed by atoms with Gasteiger partial charge in [0.15, 0.2) is 0 Å². The quantitative estimate of drug-likeness (QED) is 0.741. The molecular formula is C22H27N5O. The van der Waals surface area contributed by atoms with E-state index in [1.807, 2.05) is 23.2 Å². The molecule has 0 radical (unpaired) electrons. The number of amides is 1. The average molecular weight is 377 g/mol. The number of pyridine rings is 1. The number of carbonyl (C=O) groups excluding carboxylic acids is 1. The Bertz CT molecular complexity index is 1030. The lowest BCUT2D eigenvalue weighted by Crippen LogP contribution is -2.25. The number of carbonyl (C=O) groups is 1. The van der Waals surface area contributed by atoms with E-state index < -0.39 is 0 Å². The number of hydrogen-bond acceptors (Lipinski definition) is 4. The van der Waals surface area contributed by atoms with Crippen LogP contribution in [0.4, 0.5) is 11.4 Å². The van der Waals surface area contributed by atoms with Gasteiger partial charge in [0.1, 0.15) is 5.65 Å². The third kappa shape index (κ3) is 3.14. The summed E-state index contributed by atoms with van der Waals surface area (Å²) in [5.41, 5.74) is 13.1. The zero-order valence-electron chi connectivity index (χ0n) is 16.8. The summed E-state index contributed by atoms with van der Waals surface area (Å²) >= 11 is 0. The molecule has 6 heteroatoms. The molecule has 146 valence electrons. The minimum Gasteiger partial charge on any atom is -0.398 e. The first-order valence-electron chi connectivity index (χ1n) is 9.92. The molecule has 2 N–H and O–H groups in total. The van der Waals surface area contributed by atoms with Crippen molar-refractivity contribution in [2.24, 2.45) is 0 Å². The predicted octanol–water partition coefficient (Wildman–Crippen LogP) is 3.33. The second-order valence-corrected chi connectivity index (χ2v) is 7.32. The van der Waals surface area contributed by atoms with E-state index in [0.29, 0.717) is 0 Å². The number of nitrogens with two attached hydrogens (primary N) is 1. The fourth-order valence-corrected chi connectivity index (χ4v) is 4.03. The largest absolute Gasteiger partial charge is 0.398 e. The Morgan fingerprint density at radius 1 is 1.21 bits per heavy atom. The summed E-state index contributed by atoms with van der Waals surface area (Å²) in [6.45, 7) is 9.48. The standard InChI is InChI=1S/C22H27N5O/c1-4-25(5-2)14-20-22(24-21-9-7-18(23)13-27(20)21)17-6-8-19-16(12-17)10-11-26(19)15(3)28/h6-9,12-13H,4-5,10-11,14,23H2,1-3H3. The number of fused-ring (bicyclic) bond motifs is 2. The molecule has 0 saturated carbocycles. The van der Waals surface area contributed by atoms with Gasteiger partial charge in [0, 0.05) is 43.1 Å². The topological polar surface area (TPSA) is 66.9 Å². The molecule has 3 aromatic rings. The molecule has 0 atom stereocenters. The molecule has 0 saturated heterocycles. The van der Waals surface area contributed by atoms with Crippen molar-refractivity contribution in [3.63, 3.8) is 0 Å². The van der Waals surface area contributed by atoms with Gasteiger partial charge in [-0.2, -0.15) is 0 Å². The van der Waals surface area contributed by atoms with Crippen LogP contribution < -0.4 is 10.6 Å². The van der Waals surface area contributed by atoms with E-state index in [-0.39, 0.29) is 5.91 Å². The molecule has 0 unspecified atom stereocenters. The van der Waals surface area contributed by atoms with E-state index in [0.717, 1.165) is 66.6 Å². The van der Waals surface area contributed by atoms with Crippen molar-refractivity contribution in [3.05, 3.63) is 47.8 Å². The lowest BCUT2D eigenvalue weighted by atomic mass is 10.0. The zero-order chi connectivity index (χ0) is 19.8. The first-order valence-corrected chi connectivity index (χ1v) is 9.92. The summed E-state index contributed by atoms with van der Waals surface area (Å²) in [6, 6.07) is 10.2. The van der Waals surface area contributed by atoms with Crippen molar-refractivity contribution in [2.75, 3.05) is 30.3 Å². The lowest BCUT2D eigenvalue weighted by molar-refractivity contribution is -0.116. The first kappa shape index (κ1) is 18.5. The summed E-state index contributed by atoms with van der Waals surface area (Å²) < 4.78 is 2.11. The molecule has 0 fully saturated rings. The fourth-order valence-electron chi connectivity index (χ4n) is 4.03. The van der Waals surface area contributed by atoms with Gasteiger partial charge in [-0.05, 0) is 49.3 Å². The van der Waals surface area contributed by atoms with Crippen LogP contribution in [0.2, 0.25) is 0 Å². The predicted molar refractivity (Wildman–Crippen MR) is 113 cm³/mol. The highest BCUT2D eigenvalue weighted by Gasteiger charge is 2.24. The van der Waals surface area contributed by atoms with Gasteiger partial charge in [-0.1, -0.05) is 19.9 Å². The van der Waals surface area contributed by atoms with Crippen LogP contribution in [0.5, 0.6) is 0 Å². The Hall–Kier alpha value is -2.86. The van der Waals surface area contributed by atoms with Crippen LogP contribution in [0.15, 0.2) is 36.5 Å². The molecule has 3 heterocycles. The second kappa shape index (κ2) is 7.28. The number of nitrogen functional groups attached to an aromatic ring is 1. The lowest BCUT2D eigenvalue weighted by Gasteiger charge is -2.19. The maximum atomic E-state index is 11.8. The number of benzene rings is 1. The molecule has 6 nitrogen and oxygen atoms in total. The molecular weight excluding hydrogens is 350 g/mol. The molecule has 0 bridgehead atoms. The maximum Gasteiger partial charge on any atom is 0.223 e. The van der Waals surface area contributed by atoms with Gasteiger partial charge < -0.3 is 15.0 Å². The number of hydrogen-bond donors (Lipinski definition) is 1. The highest BCUT2D eigenvalue weighted by molar-refractivity contribution is 5.94. The van der Waals surface area contributed by atoms with E-state index in [2.05, 4.69) is 41.3 Å². The average Bonchev–Trinajstić information content (AvgIpc) is 3.26. The van der Waals surface area contributed by atoms with Crippen LogP contribution >= 0.6 is 0 Å². The first-order chi connectivity index (χ1) is 13.5. The summed E-state index contributed by atoms with van der Waals surface area (Å²) in [6.07, 6.45) is 2.84. The van der Waals surface area contributed by atoms with Gasteiger partial charge in [0.25, 0.3) is 0 Å². The van der Waals surface area contributed by atoms with Crippen LogP contribution in [0.1, 0.15) is 32.0 Å². The van der Waals surface area contributed by atoms with Crippen LogP contribution in [-0.4, -0.2) is 39.8 Å². The number of anilines is 2. The number of rotatable bonds is 5. The summed E-state index contributed by atoms with van der Waals surface area (Å²) in [5, 5.41) is 0. The molecule has 1 aliphatic rings. The Labute approximate surface area is 165 Å². The second-order valence-electron chi connectivity index (χ2n) is 7.32. The number of aromatic nitrogens is 2. The Balaban J connectivity index is 1.83. The van der Waals surface area contributed by atoms with Gasteiger partial charge in [-0.3, -0.25) is 9.69 Å². The van der Waals surface area contributed by atoms with E-state index in [1.165, 1.54) is 5.56 Å². The van der Waals surface area contributed by atoms with E-state index >= 15 is 0 Å². The monoisotopic (exact) mass is 377 g/mol. The van der Waals surface area contributed by atoms with Crippen molar-refractivity contribution in [1.82, 2.24) is 14.3 Å². The minimum atomic E-state index is 0.0944. The van der Waals surface area contributed by atoms with Crippen molar-refractivity contribution in [2.45, 2.75) is 33.7 Å². The van der Waals surface area contributed by atoms with Crippen LogP contribution in [-0.2, 0) is 17.8 Å². The van der Waals surface area contributed by atoms with Crippen molar-refractivity contribution in [3.8, 4) is 11.3 Å². The molecule has 1 amide bonds. The highest BCUT2D eigenvalue weighted by atomic mass is 16.2. The third-order valence-electron chi connectivity index (χ3n) is 5.64. The Morgan fingerprint density at radius 2 is 2.00 bits per heavy atom. The number of nitrogens with zero attached hydrogens (tertiary/aromatic N) is 4. The van der Waals surface area contributed by atoms with Gasteiger partial charge in [-0.15, -0.1) is 0 Å². The van der Waals surface area contributed by atoms with E-state index in [1.54, 1.807) is 6.92 Å². The number of imidazole rings is 1. The molecule has 1 aliphatic heterocycles. The van der Waals surface area contributed by atoms with Crippen molar-refractivity contribution >= 4 is 22.9 Å². The highest BCUT2D eigenvalue weighted by Crippen LogP contribution is 2.34. The van der Waals surface area contributed by atoms with Crippen LogP contribution in [0.25, 0.3) is 16.9 Å². The van der Waals surface area contributed by atoms with Crippen molar-refractivity contribution < 1.29 is 4.79 Å². The third-order valence-corrected chi connectivity index (χ3v) is 5.64. The normalized spacial score (nSPS) is 13.5. The van der Waals surface area contributed by atoms with Crippen molar-refractivity contribution in [1.29, 1.82) is 0 Å². The van der Waals surface area contributed by atoms with Gasteiger partial charge in [0.2, 0.25) is 5.91 Å². The Morgan fingerprint density at radius 3 is 2.71 bits per heavy atom. The van der Waals surface area contributed by atoms with Crippen LogP contribution in [0, 0.1) is 0 Å². The van der Waals surface area contributed by atoms with Crippen LogP contribution in [0.3, 0.4) is 0 Å². The fraction of sp³-hybridized carbons (Fsp3) is 0.364. The smallest absolute Gasteiger partial charge is 0.223 e. The molecule has 1 aromatic carbocycles. The van der Waals surface area contributed by atoms with Gasteiger partial charge in [0.05, 0.1) is 11.4 Å². The maximum absolute atomic E-state index is 11.8. The zero-order valence-corrected chi connectivity index (χ0v) is 16.8. The van der Waals surface area contributed by atoms with Gasteiger partial charge in [-0.25, -0.2) is 4.98 Å². The molecule has 0 spiro atoms. The van der Waals surface area contributed by atoms with E-state index in [4.69, 9.17) is 10.7 Å². The minimum absolute atomic E-state index is 0.0944. The van der Waals surface area contributed by atoms with Gasteiger partial charge >= 0.3 is 0 Å². The molecule has 4 rings (SSSR count). The molecule has 0 aliphatic carbocycles. The summed E-state index contributed by atoms with van der Waals surface area (Å²) in [7, 11) is 0. The van der Waals surface area contributed by atoms with E-state index in [9.17, 15) is 4.79 Å². The summed E-state index contributed by atoms with van der Waals surface area (Å²) in [5.74, 6) is 0.0944. The summed E-state index contributed by atoms with van der Waals surface area (Å²) in [4.78, 5) is 21.0. The molecule has 28 heavy (non-hydrogen) atoms. The molecule has 2 aromatic heterocycles. The Kier molecular flexibility index (Phi) is 4.81. The SMILES string of the molecule is CCN(CC)Cc1c(-c2ccc3c(c2)CCN3C(C)=O)nc2ccc(N)cn12.